The van der Waals surface area contributed by atoms with Gasteiger partial charge in [-0.15, -0.1) is 0 Å². The largest absolute Gasteiger partial charge is 0.416 e. The Morgan fingerprint density at radius 3 is 2.29 bits per heavy atom. The molecule has 2 heterocycles. The van der Waals surface area contributed by atoms with Gasteiger partial charge >= 0.3 is 18.4 Å². The Morgan fingerprint density at radius 2 is 1.62 bits per heavy atom. The van der Waals surface area contributed by atoms with Crippen molar-refractivity contribution in [2.24, 2.45) is 5.41 Å². The van der Waals surface area contributed by atoms with Gasteiger partial charge in [0.15, 0.2) is 0 Å². The number of nitrogens with one attached hydrogen (secondary N) is 1. The summed E-state index contributed by atoms with van der Waals surface area (Å²) in [6, 6.07) is 11.0. The fraction of sp³-hybridized carbons (Fsp3) is 0.458. The van der Waals surface area contributed by atoms with Crippen molar-refractivity contribution < 1.29 is 31.1 Å². The number of urea groups is 1. The molecule has 4 nitrogen and oxygen atoms in total. The first-order chi connectivity index (χ1) is 16.0. The van der Waals surface area contributed by atoms with E-state index in [0.717, 1.165) is 38.5 Å². The smallest absolute Gasteiger partial charge is 0.334 e. The Balaban J connectivity index is 1.36. The monoisotopic (exact) mass is 485 g/mol. The Kier molecular flexibility index (Phi) is 6.54. The first-order valence-corrected chi connectivity index (χ1v) is 11.0. The molecule has 2 aromatic rings. The second-order valence-electron chi connectivity index (χ2n) is 9.14. The third-order valence-electron chi connectivity index (χ3n) is 6.66. The third-order valence-corrected chi connectivity index (χ3v) is 6.66. The molecule has 2 aliphatic rings. The van der Waals surface area contributed by atoms with Crippen molar-refractivity contribution in [2.45, 2.75) is 38.3 Å². The molecule has 1 unspecified atom stereocenters. The number of carbonyl (C=O) groups excluding carboxylic acids is 1. The van der Waals surface area contributed by atoms with Crippen LogP contribution in [0.5, 0.6) is 0 Å². The molecule has 0 bridgehead atoms. The zero-order valence-corrected chi connectivity index (χ0v) is 18.3. The molecule has 34 heavy (non-hydrogen) atoms. The van der Waals surface area contributed by atoms with Crippen molar-refractivity contribution in [1.29, 1.82) is 0 Å². The van der Waals surface area contributed by atoms with Gasteiger partial charge in [-0.05, 0) is 42.6 Å². The van der Waals surface area contributed by atoms with Crippen molar-refractivity contribution in [3.63, 3.8) is 0 Å². The lowest BCUT2D eigenvalue weighted by Gasteiger charge is -2.25. The van der Waals surface area contributed by atoms with Crippen LogP contribution in [-0.2, 0) is 25.4 Å². The summed E-state index contributed by atoms with van der Waals surface area (Å²) in [6.07, 6.45) is -8.12. The zero-order chi connectivity index (χ0) is 24.6. The molecule has 1 spiro atoms. The van der Waals surface area contributed by atoms with E-state index < -0.39 is 41.6 Å². The Morgan fingerprint density at radius 1 is 0.912 bits per heavy atom. The standard InChI is InChI=1S/C24H25F6N3O/c25-23(26,27)19-7-6-18(20(12-19)24(28,29)30)13-31-21(34)33-11-9-22(16-33)8-10-32(15-22)14-17-4-2-1-3-5-17/h1-7,12H,8-11,13-16H2,(H,31,34). The third kappa shape index (κ3) is 5.48. The Labute approximate surface area is 193 Å². The molecule has 0 aromatic heterocycles. The molecule has 2 aliphatic heterocycles. The lowest BCUT2D eigenvalue weighted by atomic mass is 9.86. The Bertz CT molecular complexity index is 1020. The summed E-state index contributed by atoms with van der Waals surface area (Å²) in [5.74, 6) is 0. The van der Waals surface area contributed by atoms with E-state index in [1.807, 2.05) is 18.2 Å². The number of nitrogens with zero attached hydrogens (tertiary/aromatic N) is 2. The highest BCUT2D eigenvalue weighted by Crippen LogP contribution is 2.40. The van der Waals surface area contributed by atoms with Crippen LogP contribution in [0.25, 0.3) is 0 Å². The lowest BCUT2D eigenvalue weighted by molar-refractivity contribution is -0.143. The van der Waals surface area contributed by atoms with E-state index in [0.29, 0.717) is 19.2 Å². The number of hydrogen-bond acceptors (Lipinski definition) is 2. The number of carbonyl (C=O) groups is 1. The van der Waals surface area contributed by atoms with Gasteiger partial charge in [0.2, 0.25) is 0 Å². The average Bonchev–Trinajstić information content (AvgIpc) is 3.37. The number of likely N-dealkylation sites (tertiary alicyclic amines) is 2. The van der Waals surface area contributed by atoms with Gasteiger partial charge in [0.05, 0.1) is 11.1 Å². The molecule has 2 fully saturated rings. The van der Waals surface area contributed by atoms with Gasteiger partial charge in [-0.3, -0.25) is 4.90 Å². The molecule has 0 radical (unpaired) electrons. The van der Waals surface area contributed by atoms with Gasteiger partial charge in [0.1, 0.15) is 0 Å². The van der Waals surface area contributed by atoms with E-state index in [4.69, 9.17) is 0 Å². The van der Waals surface area contributed by atoms with E-state index in [9.17, 15) is 31.1 Å². The van der Waals surface area contributed by atoms with E-state index in [-0.39, 0.29) is 11.5 Å². The van der Waals surface area contributed by atoms with Gasteiger partial charge in [-0.25, -0.2) is 4.79 Å². The van der Waals surface area contributed by atoms with Gasteiger partial charge in [0.25, 0.3) is 0 Å². The van der Waals surface area contributed by atoms with Crippen molar-refractivity contribution in [3.8, 4) is 0 Å². The topological polar surface area (TPSA) is 35.6 Å². The number of hydrogen-bond donors (Lipinski definition) is 1. The summed E-state index contributed by atoms with van der Waals surface area (Å²) in [5, 5.41) is 2.46. The molecule has 184 valence electrons. The Hall–Kier alpha value is -2.75. The molecule has 0 saturated carbocycles. The molecular formula is C24H25F6N3O. The minimum absolute atomic E-state index is 0.0440. The van der Waals surface area contributed by atoms with Crippen molar-refractivity contribution in [2.75, 3.05) is 26.2 Å². The second-order valence-corrected chi connectivity index (χ2v) is 9.14. The SMILES string of the molecule is O=C(NCc1ccc(C(F)(F)F)cc1C(F)(F)F)N1CCC2(CCN(Cc3ccccc3)C2)C1. The fourth-order valence-corrected chi connectivity index (χ4v) is 4.90. The minimum Gasteiger partial charge on any atom is -0.334 e. The van der Waals surface area contributed by atoms with Crippen molar-refractivity contribution in [1.82, 2.24) is 15.1 Å². The quantitative estimate of drug-likeness (QED) is 0.578. The molecule has 0 aliphatic carbocycles. The normalized spacial score (nSPS) is 21.4. The van der Waals surface area contributed by atoms with Crippen molar-refractivity contribution in [3.05, 3.63) is 70.8 Å². The number of halogens is 6. The van der Waals surface area contributed by atoms with Crippen LogP contribution in [-0.4, -0.2) is 42.0 Å². The summed E-state index contributed by atoms with van der Waals surface area (Å²) in [7, 11) is 0. The molecule has 1 atom stereocenters. The predicted molar refractivity (Wildman–Crippen MR) is 114 cm³/mol. The summed E-state index contributed by atoms with van der Waals surface area (Å²) >= 11 is 0. The van der Waals surface area contributed by atoms with Gasteiger partial charge in [-0.2, -0.15) is 26.3 Å². The predicted octanol–water partition coefficient (Wildman–Crippen LogP) is 5.53. The van der Waals surface area contributed by atoms with Crippen molar-refractivity contribution >= 4 is 6.03 Å². The molecular weight excluding hydrogens is 460 g/mol. The van der Waals surface area contributed by atoms with Gasteiger partial charge in [0, 0.05) is 38.1 Å². The summed E-state index contributed by atoms with van der Waals surface area (Å²) in [4.78, 5) is 16.6. The summed E-state index contributed by atoms with van der Waals surface area (Å²) in [6.45, 7) is 3.05. The van der Waals surface area contributed by atoms with Crippen LogP contribution >= 0.6 is 0 Å². The van der Waals surface area contributed by atoms with E-state index >= 15 is 0 Å². The molecule has 2 amide bonds. The lowest BCUT2D eigenvalue weighted by Crippen LogP contribution is -2.40. The number of rotatable bonds is 4. The molecule has 10 heteroatoms. The van der Waals surface area contributed by atoms with Gasteiger partial charge in [-0.1, -0.05) is 36.4 Å². The van der Waals surface area contributed by atoms with Crippen LogP contribution in [0.3, 0.4) is 0 Å². The second kappa shape index (κ2) is 9.13. The zero-order valence-electron chi connectivity index (χ0n) is 18.3. The fourth-order valence-electron chi connectivity index (χ4n) is 4.90. The van der Waals surface area contributed by atoms with Crippen LogP contribution in [0.15, 0.2) is 48.5 Å². The number of benzene rings is 2. The minimum atomic E-state index is -4.97. The maximum atomic E-state index is 13.3. The van der Waals surface area contributed by atoms with Crippen LogP contribution in [0, 0.1) is 5.41 Å². The molecule has 2 aromatic carbocycles. The number of alkyl halides is 6. The van der Waals surface area contributed by atoms with E-state index in [1.54, 1.807) is 4.90 Å². The maximum absolute atomic E-state index is 13.3. The number of amides is 2. The maximum Gasteiger partial charge on any atom is 0.416 e. The van der Waals surface area contributed by atoms with Crippen LogP contribution < -0.4 is 5.32 Å². The van der Waals surface area contributed by atoms with Crippen LogP contribution in [0.4, 0.5) is 31.1 Å². The highest BCUT2D eigenvalue weighted by molar-refractivity contribution is 5.74. The molecule has 4 rings (SSSR count). The first kappa shape index (κ1) is 24.4. The molecule has 1 N–H and O–H groups in total. The first-order valence-electron chi connectivity index (χ1n) is 11.0. The summed E-state index contributed by atoms with van der Waals surface area (Å²) < 4.78 is 78.6. The highest BCUT2D eigenvalue weighted by Gasteiger charge is 2.45. The van der Waals surface area contributed by atoms with Crippen LogP contribution in [0.2, 0.25) is 0 Å². The average molecular weight is 485 g/mol. The van der Waals surface area contributed by atoms with Crippen LogP contribution in [0.1, 0.15) is 35.1 Å². The van der Waals surface area contributed by atoms with E-state index in [2.05, 4.69) is 22.3 Å². The summed E-state index contributed by atoms with van der Waals surface area (Å²) in [5.41, 5.74) is -2.01. The van der Waals surface area contributed by atoms with E-state index in [1.165, 1.54) is 5.56 Å². The molecule has 2 saturated heterocycles. The highest BCUT2D eigenvalue weighted by atomic mass is 19.4. The van der Waals surface area contributed by atoms with Gasteiger partial charge < -0.3 is 10.2 Å².